The zero-order valence-corrected chi connectivity index (χ0v) is 14.2. The van der Waals surface area contributed by atoms with Crippen molar-refractivity contribution in [2.45, 2.75) is 32.3 Å². The number of amides is 1. The summed E-state index contributed by atoms with van der Waals surface area (Å²) in [7, 11) is 1.76. The fraction of sp³-hybridized carbons (Fsp3) is 0.421. The maximum Gasteiger partial charge on any atom is 0.233 e. The first-order valence-corrected chi connectivity index (χ1v) is 8.49. The molecule has 0 saturated carbocycles. The van der Waals surface area contributed by atoms with Crippen molar-refractivity contribution in [2.24, 2.45) is 5.92 Å². The van der Waals surface area contributed by atoms with Gasteiger partial charge in [-0.05, 0) is 31.4 Å². The zero-order valence-electron chi connectivity index (χ0n) is 14.2. The van der Waals surface area contributed by atoms with Crippen LogP contribution in [-0.2, 0) is 9.53 Å². The molecule has 0 N–H and O–H groups in total. The lowest BCUT2D eigenvalue weighted by Crippen LogP contribution is -2.42. The van der Waals surface area contributed by atoms with Gasteiger partial charge in [0.15, 0.2) is 5.82 Å². The van der Waals surface area contributed by atoms with Gasteiger partial charge in [0.25, 0.3) is 0 Å². The maximum atomic E-state index is 12.8. The van der Waals surface area contributed by atoms with Crippen LogP contribution in [-0.4, -0.2) is 35.9 Å². The van der Waals surface area contributed by atoms with E-state index in [1.165, 1.54) is 0 Å². The Morgan fingerprint density at radius 1 is 1.21 bits per heavy atom. The van der Waals surface area contributed by atoms with Gasteiger partial charge in [0.2, 0.25) is 5.91 Å². The second kappa shape index (κ2) is 7.53. The quantitative estimate of drug-likeness (QED) is 0.865. The third-order valence-corrected chi connectivity index (χ3v) is 4.55. The van der Waals surface area contributed by atoms with Crippen molar-refractivity contribution in [1.82, 2.24) is 10.2 Å². The highest BCUT2D eigenvalue weighted by Gasteiger charge is 2.33. The molecule has 1 aliphatic rings. The van der Waals surface area contributed by atoms with Crippen LogP contribution < -0.4 is 4.90 Å². The molecule has 1 aliphatic heterocycles. The van der Waals surface area contributed by atoms with Gasteiger partial charge < -0.3 is 4.74 Å². The topological polar surface area (TPSA) is 55.3 Å². The van der Waals surface area contributed by atoms with E-state index in [4.69, 9.17) is 4.74 Å². The maximum absolute atomic E-state index is 12.8. The number of carbonyl (C=O) groups is 1. The van der Waals surface area contributed by atoms with Gasteiger partial charge >= 0.3 is 0 Å². The van der Waals surface area contributed by atoms with E-state index in [0.717, 1.165) is 37.1 Å². The Hall–Kier alpha value is -2.27. The van der Waals surface area contributed by atoms with Crippen LogP contribution in [0.15, 0.2) is 42.5 Å². The van der Waals surface area contributed by atoms with Gasteiger partial charge in [-0.1, -0.05) is 37.3 Å². The molecule has 0 aliphatic carbocycles. The number of rotatable bonds is 4. The Labute approximate surface area is 142 Å². The lowest BCUT2D eigenvalue weighted by atomic mass is 9.91. The summed E-state index contributed by atoms with van der Waals surface area (Å²) in [5.41, 5.74) is 1.81. The van der Waals surface area contributed by atoms with Crippen LogP contribution in [0.1, 0.15) is 26.2 Å². The first kappa shape index (κ1) is 16.6. The Kier molecular flexibility index (Phi) is 5.20. The summed E-state index contributed by atoms with van der Waals surface area (Å²) in [4.78, 5) is 14.4. The van der Waals surface area contributed by atoms with E-state index in [0.29, 0.717) is 5.82 Å². The molecule has 2 heterocycles. The number of aromatic nitrogens is 2. The van der Waals surface area contributed by atoms with Crippen LogP contribution in [0.2, 0.25) is 0 Å². The van der Waals surface area contributed by atoms with Gasteiger partial charge in [-0.3, -0.25) is 9.69 Å². The highest BCUT2D eigenvalue weighted by atomic mass is 16.5. The van der Waals surface area contributed by atoms with Crippen LogP contribution in [0.3, 0.4) is 0 Å². The number of nitrogens with zero attached hydrogens (tertiary/aromatic N) is 3. The molecule has 1 saturated heterocycles. The summed E-state index contributed by atoms with van der Waals surface area (Å²) in [6.07, 6.45) is 2.66. The van der Waals surface area contributed by atoms with Crippen molar-refractivity contribution < 1.29 is 9.53 Å². The monoisotopic (exact) mass is 325 g/mol. The van der Waals surface area contributed by atoms with Crippen molar-refractivity contribution in [3.05, 3.63) is 42.5 Å². The minimum absolute atomic E-state index is 0.00486. The van der Waals surface area contributed by atoms with E-state index in [1.807, 2.05) is 42.5 Å². The van der Waals surface area contributed by atoms with Crippen molar-refractivity contribution >= 4 is 11.7 Å². The molecule has 0 bridgehead atoms. The fourth-order valence-electron chi connectivity index (χ4n) is 3.15. The van der Waals surface area contributed by atoms with Gasteiger partial charge in [0, 0.05) is 19.2 Å². The molecule has 0 radical (unpaired) electrons. The average Bonchev–Trinajstić information content (AvgIpc) is 2.67. The van der Waals surface area contributed by atoms with Gasteiger partial charge in [-0.2, -0.15) is 0 Å². The van der Waals surface area contributed by atoms with Crippen LogP contribution in [0, 0.1) is 5.92 Å². The molecule has 2 atom stereocenters. The normalized spacial score (nSPS) is 20.6. The molecular formula is C19H23N3O2. The number of hydrogen-bond acceptors (Lipinski definition) is 4. The average molecular weight is 325 g/mol. The van der Waals surface area contributed by atoms with Crippen LogP contribution in [0.4, 0.5) is 5.82 Å². The van der Waals surface area contributed by atoms with Gasteiger partial charge in [0.1, 0.15) is 0 Å². The van der Waals surface area contributed by atoms with E-state index in [-0.39, 0.29) is 17.9 Å². The van der Waals surface area contributed by atoms with Crippen molar-refractivity contribution in [2.75, 3.05) is 18.6 Å². The molecule has 5 heteroatoms. The third kappa shape index (κ3) is 3.46. The van der Waals surface area contributed by atoms with E-state index in [2.05, 4.69) is 17.1 Å². The highest BCUT2D eigenvalue weighted by Crippen LogP contribution is 2.26. The van der Waals surface area contributed by atoms with E-state index < -0.39 is 0 Å². The Morgan fingerprint density at radius 2 is 2.00 bits per heavy atom. The molecule has 1 amide bonds. The van der Waals surface area contributed by atoms with Crippen LogP contribution in [0.25, 0.3) is 11.3 Å². The van der Waals surface area contributed by atoms with Crippen molar-refractivity contribution in [3.63, 3.8) is 0 Å². The number of ether oxygens (including phenoxy) is 1. The lowest BCUT2D eigenvalue weighted by Gasteiger charge is -2.32. The molecule has 2 unspecified atom stereocenters. The Morgan fingerprint density at radius 3 is 2.67 bits per heavy atom. The Balaban J connectivity index is 1.75. The predicted octanol–water partition coefficient (Wildman–Crippen LogP) is 3.31. The molecule has 2 aromatic rings. The minimum Gasteiger partial charge on any atom is -0.377 e. The number of anilines is 1. The summed E-state index contributed by atoms with van der Waals surface area (Å²) in [6.45, 7) is 2.81. The van der Waals surface area contributed by atoms with Crippen molar-refractivity contribution in [1.29, 1.82) is 0 Å². The summed E-state index contributed by atoms with van der Waals surface area (Å²) in [5, 5.41) is 8.50. The van der Waals surface area contributed by atoms with E-state index >= 15 is 0 Å². The molecule has 5 nitrogen and oxygen atoms in total. The molecule has 24 heavy (non-hydrogen) atoms. The summed E-state index contributed by atoms with van der Waals surface area (Å²) in [6, 6.07) is 13.6. The van der Waals surface area contributed by atoms with Gasteiger partial charge in [-0.15, -0.1) is 10.2 Å². The number of benzene rings is 1. The number of hydrogen-bond donors (Lipinski definition) is 0. The largest absolute Gasteiger partial charge is 0.377 e. The lowest BCUT2D eigenvalue weighted by molar-refractivity contribution is -0.131. The summed E-state index contributed by atoms with van der Waals surface area (Å²) >= 11 is 0. The summed E-state index contributed by atoms with van der Waals surface area (Å²) < 4.78 is 5.74. The molecule has 126 valence electrons. The molecule has 1 fully saturated rings. The van der Waals surface area contributed by atoms with E-state index in [1.54, 1.807) is 11.9 Å². The fourth-order valence-corrected chi connectivity index (χ4v) is 3.15. The summed E-state index contributed by atoms with van der Waals surface area (Å²) in [5.74, 6) is 0.535. The third-order valence-electron chi connectivity index (χ3n) is 4.55. The zero-order chi connectivity index (χ0) is 16.9. The number of carbonyl (C=O) groups excluding carboxylic acids is 1. The molecule has 1 aromatic carbocycles. The molecule has 3 rings (SSSR count). The second-order valence-corrected chi connectivity index (χ2v) is 6.11. The van der Waals surface area contributed by atoms with Gasteiger partial charge in [0.05, 0.1) is 17.7 Å². The van der Waals surface area contributed by atoms with E-state index in [9.17, 15) is 4.79 Å². The molecule has 1 aromatic heterocycles. The van der Waals surface area contributed by atoms with Crippen LogP contribution >= 0.6 is 0 Å². The second-order valence-electron chi connectivity index (χ2n) is 6.11. The standard InChI is InChI=1S/C19H23N3O2/c1-3-17-15(10-7-13-24-17)19(23)22(2)18-12-11-16(20-21-18)14-8-5-4-6-9-14/h4-6,8-9,11-12,15,17H,3,7,10,13H2,1-2H3. The predicted molar refractivity (Wildman–Crippen MR) is 93.6 cm³/mol. The first-order valence-electron chi connectivity index (χ1n) is 8.49. The van der Waals surface area contributed by atoms with Crippen molar-refractivity contribution in [3.8, 4) is 11.3 Å². The minimum atomic E-state index is -0.0932. The SMILES string of the molecule is CCC1OCCCC1C(=O)N(C)c1ccc(-c2ccccc2)nn1. The van der Waals surface area contributed by atoms with Crippen LogP contribution in [0.5, 0.6) is 0 Å². The highest BCUT2D eigenvalue weighted by molar-refractivity contribution is 5.94. The Bertz CT molecular complexity index is 673. The smallest absolute Gasteiger partial charge is 0.233 e. The first-order chi connectivity index (χ1) is 11.7. The molecular weight excluding hydrogens is 302 g/mol. The molecule has 0 spiro atoms. The van der Waals surface area contributed by atoms with Gasteiger partial charge in [-0.25, -0.2) is 0 Å².